The molecule has 0 bridgehead atoms. The lowest BCUT2D eigenvalue weighted by atomic mass is 9.86. The molecule has 0 aliphatic heterocycles. The van der Waals surface area contributed by atoms with Gasteiger partial charge in [0.25, 0.3) is 0 Å². The maximum atomic E-state index is 13.6. The first kappa shape index (κ1) is 13.5. The van der Waals surface area contributed by atoms with Crippen molar-refractivity contribution in [2.75, 3.05) is 20.2 Å². The maximum absolute atomic E-state index is 13.6. The smallest absolute Gasteiger partial charge is 0.127 e. The average Bonchev–Trinajstić information content (AvgIpc) is 2.81. The van der Waals surface area contributed by atoms with Gasteiger partial charge in [0.15, 0.2) is 0 Å². The van der Waals surface area contributed by atoms with Crippen LogP contribution >= 0.6 is 0 Å². The van der Waals surface area contributed by atoms with Crippen molar-refractivity contribution in [1.82, 2.24) is 4.90 Å². The number of rotatable bonds is 5. The van der Waals surface area contributed by atoms with Crippen LogP contribution in [0.5, 0.6) is 0 Å². The second-order valence-corrected chi connectivity index (χ2v) is 5.63. The van der Waals surface area contributed by atoms with Crippen LogP contribution in [0.25, 0.3) is 0 Å². The molecule has 18 heavy (non-hydrogen) atoms. The van der Waals surface area contributed by atoms with Gasteiger partial charge < -0.3 is 10.0 Å². The van der Waals surface area contributed by atoms with Gasteiger partial charge in [0, 0.05) is 30.7 Å². The predicted molar refractivity (Wildman–Crippen MR) is 70.7 cm³/mol. The fourth-order valence-electron chi connectivity index (χ4n) is 3.04. The normalized spacial score (nSPS) is 18.4. The lowest BCUT2D eigenvalue weighted by Crippen LogP contribution is -2.36. The van der Waals surface area contributed by atoms with Crippen molar-refractivity contribution in [2.45, 2.75) is 32.2 Å². The second kappa shape index (κ2) is 5.81. The highest BCUT2D eigenvalue weighted by Gasteiger charge is 2.34. The maximum Gasteiger partial charge on any atom is 0.127 e. The lowest BCUT2D eigenvalue weighted by molar-refractivity contribution is 0.0860. The minimum atomic E-state index is -0.145. The van der Waals surface area contributed by atoms with Crippen molar-refractivity contribution < 1.29 is 9.50 Å². The fraction of sp³-hybridized carbons (Fsp3) is 0.600. The molecule has 100 valence electrons. The Morgan fingerprint density at radius 3 is 2.56 bits per heavy atom. The van der Waals surface area contributed by atoms with Gasteiger partial charge in [-0.2, -0.15) is 0 Å². The van der Waals surface area contributed by atoms with E-state index in [-0.39, 0.29) is 17.8 Å². The SMILES string of the molecule is CN(Cc1ccccc1F)CC1(CO)CCCC1. The van der Waals surface area contributed by atoms with E-state index in [2.05, 4.69) is 4.90 Å². The average molecular weight is 251 g/mol. The van der Waals surface area contributed by atoms with Crippen LogP contribution in [0.15, 0.2) is 24.3 Å². The molecule has 1 aromatic rings. The zero-order valence-corrected chi connectivity index (χ0v) is 11.0. The van der Waals surface area contributed by atoms with Crippen LogP contribution in [-0.2, 0) is 6.54 Å². The Bertz CT molecular complexity index is 388. The molecular formula is C15H22FNO. The van der Waals surface area contributed by atoms with E-state index < -0.39 is 0 Å². The summed E-state index contributed by atoms with van der Waals surface area (Å²) in [6.07, 6.45) is 4.58. The highest BCUT2D eigenvalue weighted by atomic mass is 19.1. The Morgan fingerprint density at radius 1 is 1.28 bits per heavy atom. The summed E-state index contributed by atoms with van der Waals surface area (Å²) in [4.78, 5) is 2.12. The molecule has 1 aliphatic carbocycles. The first-order valence-corrected chi connectivity index (χ1v) is 6.68. The molecule has 1 aromatic carbocycles. The van der Waals surface area contributed by atoms with Crippen LogP contribution in [0.3, 0.4) is 0 Å². The molecule has 1 fully saturated rings. The molecule has 1 aliphatic rings. The van der Waals surface area contributed by atoms with Crippen molar-refractivity contribution in [3.63, 3.8) is 0 Å². The Hall–Kier alpha value is -0.930. The largest absolute Gasteiger partial charge is 0.396 e. The summed E-state index contributed by atoms with van der Waals surface area (Å²) in [7, 11) is 2.00. The third-order valence-corrected chi connectivity index (χ3v) is 4.00. The Kier molecular flexibility index (Phi) is 4.36. The van der Waals surface area contributed by atoms with E-state index in [4.69, 9.17) is 0 Å². The second-order valence-electron chi connectivity index (χ2n) is 5.63. The summed E-state index contributed by atoms with van der Waals surface area (Å²) < 4.78 is 13.6. The molecule has 0 spiro atoms. The van der Waals surface area contributed by atoms with Gasteiger partial charge in [-0.15, -0.1) is 0 Å². The zero-order chi connectivity index (χ0) is 13.0. The predicted octanol–water partition coefficient (Wildman–Crippen LogP) is 2.81. The first-order valence-electron chi connectivity index (χ1n) is 6.68. The molecule has 0 radical (unpaired) electrons. The number of aliphatic hydroxyl groups is 1. The minimum absolute atomic E-state index is 0.0417. The number of nitrogens with zero attached hydrogens (tertiary/aromatic N) is 1. The number of aliphatic hydroxyl groups excluding tert-OH is 1. The first-order chi connectivity index (χ1) is 8.65. The summed E-state index contributed by atoms with van der Waals surface area (Å²) in [5, 5.41) is 9.59. The summed E-state index contributed by atoms with van der Waals surface area (Å²) in [5.74, 6) is -0.145. The molecular weight excluding hydrogens is 229 g/mol. The monoisotopic (exact) mass is 251 g/mol. The number of hydrogen-bond acceptors (Lipinski definition) is 2. The van der Waals surface area contributed by atoms with E-state index >= 15 is 0 Å². The van der Waals surface area contributed by atoms with Crippen molar-refractivity contribution in [3.8, 4) is 0 Å². The molecule has 0 atom stereocenters. The van der Waals surface area contributed by atoms with Gasteiger partial charge in [0.1, 0.15) is 5.82 Å². The zero-order valence-electron chi connectivity index (χ0n) is 11.0. The van der Waals surface area contributed by atoms with Crippen molar-refractivity contribution in [3.05, 3.63) is 35.6 Å². The molecule has 0 heterocycles. The van der Waals surface area contributed by atoms with E-state index in [1.54, 1.807) is 6.07 Å². The van der Waals surface area contributed by atoms with Gasteiger partial charge in [-0.05, 0) is 26.0 Å². The van der Waals surface area contributed by atoms with Crippen LogP contribution in [0.2, 0.25) is 0 Å². The molecule has 3 heteroatoms. The fourth-order valence-corrected chi connectivity index (χ4v) is 3.04. The van der Waals surface area contributed by atoms with Crippen LogP contribution < -0.4 is 0 Å². The van der Waals surface area contributed by atoms with E-state index in [0.29, 0.717) is 6.54 Å². The molecule has 0 amide bonds. The Balaban J connectivity index is 1.96. The van der Waals surface area contributed by atoms with Crippen LogP contribution in [-0.4, -0.2) is 30.2 Å². The van der Waals surface area contributed by atoms with Crippen molar-refractivity contribution in [1.29, 1.82) is 0 Å². The molecule has 0 saturated heterocycles. The van der Waals surface area contributed by atoms with Gasteiger partial charge in [-0.25, -0.2) is 4.39 Å². The molecule has 2 rings (SSSR count). The Morgan fingerprint density at radius 2 is 1.94 bits per heavy atom. The van der Waals surface area contributed by atoms with Gasteiger partial charge >= 0.3 is 0 Å². The van der Waals surface area contributed by atoms with Crippen molar-refractivity contribution in [2.24, 2.45) is 5.41 Å². The van der Waals surface area contributed by atoms with Gasteiger partial charge in [0.05, 0.1) is 0 Å². The highest BCUT2D eigenvalue weighted by Crippen LogP contribution is 2.38. The van der Waals surface area contributed by atoms with E-state index in [1.165, 1.54) is 18.9 Å². The molecule has 2 nitrogen and oxygen atoms in total. The third-order valence-electron chi connectivity index (χ3n) is 4.00. The molecule has 1 saturated carbocycles. The standard InChI is InChI=1S/C15H22FNO/c1-17(10-13-6-2-3-7-14(13)16)11-15(12-18)8-4-5-9-15/h2-3,6-7,18H,4-5,8-12H2,1H3. The van der Waals surface area contributed by atoms with Crippen LogP contribution in [0.4, 0.5) is 4.39 Å². The van der Waals surface area contributed by atoms with Gasteiger partial charge in [-0.3, -0.25) is 0 Å². The van der Waals surface area contributed by atoms with Gasteiger partial charge in [-0.1, -0.05) is 31.0 Å². The molecule has 1 N–H and O–H groups in total. The van der Waals surface area contributed by atoms with Crippen LogP contribution in [0, 0.1) is 11.2 Å². The summed E-state index contributed by atoms with van der Waals surface area (Å²) >= 11 is 0. The Labute approximate surface area is 108 Å². The highest BCUT2D eigenvalue weighted by molar-refractivity contribution is 5.17. The van der Waals surface area contributed by atoms with Gasteiger partial charge in [0.2, 0.25) is 0 Å². The van der Waals surface area contributed by atoms with Crippen LogP contribution in [0.1, 0.15) is 31.2 Å². The van der Waals surface area contributed by atoms with E-state index in [9.17, 15) is 9.50 Å². The number of hydrogen-bond donors (Lipinski definition) is 1. The summed E-state index contributed by atoms with van der Waals surface area (Å²) in [6, 6.07) is 6.90. The summed E-state index contributed by atoms with van der Waals surface area (Å²) in [5.41, 5.74) is 0.770. The minimum Gasteiger partial charge on any atom is -0.396 e. The topological polar surface area (TPSA) is 23.5 Å². The lowest BCUT2D eigenvalue weighted by Gasteiger charge is -2.31. The summed E-state index contributed by atoms with van der Waals surface area (Å²) in [6.45, 7) is 1.70. The molecule has 0 aromatic heterocycles. The molecule has 0 unspecified atom stereocenters. The van der Waals surface area contributed by atoms with E-state index in [0.717, 1.165) is 24.9 Å². The van der Waals surface area contributed by atoms with E-state index in [1.807, 2.05) is 19.2 Å². The number of halogens is 1. The number of benzene rings is 1. The van der Waals surface area contributed by atoms with Crippen molar-refractivity contribution >= 4 is 0 Å². The quantitative estimate of drug-likeness (QED) is 0.870. The third kappa shape index (κ3) is 3.09.